The van der Waals surface area contributed by atoms with Crippen molar-refractivity contribution in [3.63, 3.8) is 0 Å². The van der Waals surface area contributed by atoms with Gasteiger partial charge < -0.3 is 90.0 Å². The maximum atomic E-state index is 12.8. The highest BCUT2D eigenvalue weighted by Gasteiger charge is 2.40. The monoisotopic (exact) mass is 1820 g/mol. The summed E-state index contributed by atoms with van der Waals surface area (Å²) in [5, 5.41) is 32.7. The summed E-state index contributed by atoms with van der Waals surface area (Å²) in [6.45, 7) is 16.7. The number of rotatable bonds is 14. The number of carboxylic acids is 1. The molecule has 7 aliphatic heterocycles. The molecule has 2 saturated heterocycles. The third-order valence-electron chi connectivity index (χ3n) is 24.7. The number of hydrogen-bond donors (Lipinski definition) is 8. The Hall–Kier alpha value is -8.07. The molecule has 27 heteroatoms. The summed E-state index contributed by atoms with van der Waals surface area (Å²) in [6, 6.07) is 55.2. The summed E-state index contributed by atoms with van der Waals surface area (Å²) in [5.41, 5.74) is 20.2. The number of nitrogens with one attached hydrogen (secondary N) is 5. The van der Waals surface area contributed by atoms with Crippen LogP contribution in [-0.2, 0) is 75.2 Å². The highest BCUT2D eigenvalue weighted by Crippen LogP contribution is 2.36. The average molecular weight is 1820 g/mol. The van der Waals surface area contributed by atoms with Crippen molar-refractivity contribution in [3.05, 3.63) is 219 Å². The normalized spacial score (nSPS) is 20.3. The third-order valence-corrected chi connectivity index (χ3v) is 25.6. The molecular formula is C98H135Cl5N10O12. The summed E-state index contributed by atoms with van der Waals surface area (Å²) in [5.74, 6) is 0.289. The molecule has 7 atom stereocenters. The van der Waals surface area contributed by atoms with Crippen molar-refractivity contribution in [3.8, 4) is 5.75 Å². The molecule has 125 heavy (non-hydrogen) atoms. The highest BCUT2D eigenvalue weighted by molar-refractivity contribution is 6.67. The first kappa shape index (κ1) is 106. The van der Waals surface area contributed by atoms with Gasteiger partial charge in [-0.05, 0) is 187 Å². The van der Waals surface area contributed by atoms with Crippen LogP contribution < -0.4 is 65.2 Å². The van der Waals surface area contributed by atoms with Gasteiger partial charge in [-0.1, -0.05) is 210 Å². The zero-order valence-electron chi connectivity index (χ0n) is 73.6. The van der Waals surface area contributed by atoms with Crippen molar-refractivity contribution in [1.82, 2.24) is 36.4 Å². The molecule has 3 saturated carbocycles. The van der Waals surface area contributed by atoms with Gasteiger partial charge in [-0.3, -0.25) is 33.6 Å². The average Bonchev–Trinajstić information content (AvgIpc) is 0.912. The van der Waals surface area contributed by atoms with E-state index in [0.717, 1.165) is 158 Å². The molecule has 5 amide bonds. The van der Waals surface area contributed by atoms with Gasteiger partial charge in [0, 0.05) is 112 Å². The number of carbonyl (C=O) groups is 8. The van der Waals surface area contributed by atoms with Crippen molar-refractivity contribution >= 4 is 104 Å². The Morgan fingerprint density at radius 3 is 1.46 bits per heavy atom. The molecule has 17 rings (SSSR count). The predicted octanol–water partition coefficient (Wildman–Crippen LogP) is 8.71. The van der Waals surface area contributed by atoms with E-state index in [0.29, 0.717) is 43.9 Å². The van der Waals surface area contributed by atoms with Gasteiger partial charge in [-0.2, -0.15) is 0 Å². The maximum absolute atomic E-state index is 12.8. The van der Waals surface area contributed by atoms with E-state index in [1.165, 1.54) is 113 Å². The number of carbonyl (C=O) groups excluding carboxylic acids is 8. The van der Waals surface area contributed by atoms with Crippen molar-refractivity contribution in [1.29, 1.82) is 0 Å². The Bertz CT molecular complexity index is 4410. The fourth-order valence-electron chi connectivity index (χ4n) is 17.9. The number of benzene rings is 7. The first-order valence-electron chi connectivity index (χ1n) is 44.5. The Kier molecular flexibility index (Phi) is 48.2. The topological polar surface area (TPSA) is 335 Å². The molecule has 13 N–H and O–H groups in total. The second-order valence-electron chi connectivity index (χ2n) is 33.3. The Balaban J connectivity index is 0.000000223. The number of halogens is 5. The lowest BCUT2D eigenvalue weighted by Crippen LogP contribution is -3.00. The fourth-order valence-corrected chi connectivity index (χ4v) is 18.1. The SMILES string of the molecule is CC(=O)NC[C@@H]1[NH2+]CCc2ccccc21.CC(=O)NC[C@@H]1[NH2+]CCc2ccccc21.CC1CCCO1.COc1ccc2cc([C@H](C)C(=O)[O-])ccc2c1.Cl.NC[C@@H]1NCCc2ccccc21.O.O=C(C1CCCCC1)N1CC(=O)N2CCc3ccccc3[C@@H]2C1.O=C(Cl)C1CCCCC1.O=C(Cl)CCl.O=C(NC[C@@H]1NCCc2ccccc21)C1CCCCC1.[Cl-]. The summed E-state index contributed by atoms with van der Waals surface area (Å²) in [6.07, 6.45) is 25.5. The molecule has 7 aromatic rings. The van der Waals surface area contributed by atoms with E-state index < -0.39 is 17.1 Å². The smallest absolute Gasteiger partial charge is 0.242 e. The number of nitrogens with two attached hydrogens (primary N) is 3. The molecule has 1 unspecified atom stereocenters. The number of amides is 5. The van der Waals surface area contributed by atoms with Crippen molar-refractivity contribution in [2.24, 2.45) is 23.5 Å². The van der Waals surface area contributed by atoms with Crippen LogP contribution in [0, 0.1) is 17.8 Å². The molecular weight excluding hydrogens is 1690 g/mol. The van der Waals surface area contributed by atoms with Crippen molar-refractivity contribution in [2.75, 3.05) is 91.6 Å². The van der Waals surface area contributed by atoms with E-state index >= 15 is 0 Å². The van der Waals surface area contributed by atoms with Crippen LogP contribution in [0.1, 0.15) is 234 Å². The number of nitrogens with zero attached hydrogens (tertiary/aromatic N) is 2. The van der Waals surface area contributed by atoms with Gasteiger partial charge >= 0.3 is 0 Å². The second-order valence-corrected chi connectivity index (χ2v) is 34.4. The molecule has 10 aliphatic rings. The van der Waals surface area contributed by atoms with E-state index in [9.17, 15) is 43.5 Å². The summed E-state index contributed by atoms with van der Waals surface area (Å²) in [4.78, 5) is 94.0. The third kappa shape index (κ3) is 34.1. The van der Waals surface area contributed by atoms with Gasteiger partial charge in [0.05, 0.1) is 57.9 Å². The lowest BCUT2D eigenvalue weighted by atomic mass is 9.87. The quantitative estimate of drug-likeness (QED) is 0.0373. The molecule has 3 aliphatic carbocycles. The van der Waals surface area contributed by atoms with Gasteiger partial charge in [0.1, 0.15) is 17.8 Å². The number of methoxy groups -OCH3 is 1. The maximum Gasteiger partial charge on any atom is 0.242 e. The summed E-state index contributed by atoms with van der Waals surface area (Å²) in [7, 11) is 1.62. The van der Waals surface area contributed by atoms with E-state index in [2.05, 4.69) is 159 Å². The molecule has 0 radical (unpaired) electrons. The zero-order valence-corrected chi connectivity index (χ0v) is 77.4. The van der Waals surface area contributed by atoms with Crippen LogP contribution in [0.5, 0.6) is 5.75 Å². The predicted molar refractivity (Wildman–Crippen MR) is 493 cm³/mol. The number of aliphatic carboxylic acids is 1. The molecule has 0 spiro atoms. The minimum absolute atomic E-state index is 0. The Morgan fingerprint density at radius 1 is 0.568 bits per heavy atom. The van der Waals surface area contributed by atoms with Gasteiger partial charge in [0.2, 0.25) is 40.0 Å². The van der Waals surface area contributed by atoms with Gasteiger partial charge in [0.15, 0.2) is 0 Å². The molecule has 22 nitrogen and oxygen atoms in total. The number of quaternary nitrogens is 2. The number of hydrogen-bond acceptors (Lipinski definition) is 14. The van der Waals surface area contributed by atoms with Crippen LogP contribution in [0.4, 0.5) is 0 Å². The van der Waals surface area contributed by atoms with Gasteiger partial charge in [-0.25, -0.2) is 0 Å². The lowest BCUT2D eigenvalue weighted by Gasteiger charge is -2.45. The molecule has 5 fully saturated rings. The number of carboxylic acid groups (broad SMARTS) is 1. The van der Waals surface area contributed by atoms with Crippen molar-refractivity contribution in [2.45, 2.75) is 211 Å². The number of fused-ring (bicyclic) bond motifs is 8. The van der Waals surface area contributed by atoms with Crippen molar-refractivity contribution < 1.29 is 81.5 Å². The van der Waals surface area contributed by atoms with Gasteiger partial charge in [-0.15, -0.1) is 24.0 Å². The summed E-state index contributed by atoms with van der Waals surface area (Å²) < 4.78 is 10.3. The zero-order chi connectivity index (χ0) is 87.1. The first-order chi connectivity index (χ1) is 59.1. The number of alkyl halides is 1. The van der Waals surface area contributed by atoms with E-state index in [4.69, 9.17) is 50.0 Å². The summed E-state index contributed by atoms with van der Waals surface area (Å²) >= 11 is 14.9. The minimum atomic E-state index is -1.06. The Labute approximate surface area is 767 Å². The van der Waals surface area contributed by atoms with Crippen LogP contribution >= 0.6 is 47.2 Å². The fraction of sp³-hybridized carbons (Fsp3) is 0.510. The molecule has 0 aromatic heterocycles. The number of piperazine rings is 1. The standard InChI is InChI=1S/C19H24N2O2.C17H24N2O.C14H14O3.2C12H16N2O.C10H14N2.C7H11ClO.C5H10O.C2H2Cl2O.2ClH.H2O/c22-18-13-20(19(23)15-7-2-1-3-8-15)12-17-16-9-5-4-6-14(16)10-11-21(17)18;20-17(14-7-2-1-3-8-14)19-12-16-15-9-5-4-6-13(15)10-11-18-16;1-9(14(15)16)10-3-4-12-8-13(17-2)6-5-11(12)7-10;2*1-9(15)14-8-12-11-5-3-2-4-10(11)6-7-13-12;11-7-10-9-4-2-1-3-8(9)5-6-12-10;8-7(9)6-4-2-1-3-5-6;1-5-3-2-4-6-5;3-1-2(4)5;;;/h4-6,9,15,17H,1-3,7-8,10-13H2;4-6,9,14,16,18H,1-3,7-8,10-12H2,(H,19,20);3-9H,1-2H3,(H,15,16);2*2-5,12-13H,6-8H2,1H3,(H,14,15);1-4,10,12H,5-7,11H2;6H,1-5H2;5H,2-4H2,1H3;1H2;2*1H;1H2/t17-;16-;9-;2*12-;10-;;;;;;/m000000....../s1. The lowest BCUT2D eigenvalue weighted by molar-refractivity contribution is -0.697. The van der Waals surface area contributed by atoms with Crippen LogP contribution in [0.25, 0.3) is 10.8 Å². The minimum Gasteiger partial charge on any atom is -1.00 e. The van der Waals surface area contributed by atoms with Crippen LogP contribution in [0.2, 0.25) is 0 Å². The molecule has 684 valence electrons. The largest absolute Gasteiger partial charge is 1.00 e. The van der Waals surface area contributed by atoms with Crippen LogP contribution in [0.3, 0.4) is 0 Å². The van der Waals surface area contributed by atoms with E-state index in [-0.39, 0.29) is 107 Å². The molecule has 7 heterocycles. The molecule has 7 aromatic carbocycles. The number of ether oxygens (including phenoxy) is 2. The van der Waals surface area contributed by atoms with Gasteiger partial charge in [0.25, 0.3) is 0 Å². The van der Waals surface area contributed by atoms with Crippen LogP contribution in [-0.4, -0.2) is 159 Å². The molecule has 0 bridgehead atoms. The second kappa shape index (κ2) is 57.0. The first-order valence-corrected chi connectivity index (χ1v) is 45.8. The van der Waals surface area contributed by atoms with E-state index in [1.807, 2.05) is 52.3 Å². The Morgan fingerprint density at radius 2 is 1.02 bits per heavy atom. The highest BCUT2D eigenvalue weighted by atomic mass is 35.5. The van der Waals surface area contributed by atoms with E-state index in [1.54, 1.807) is 27.9 Å². The van der Waals surface area contributed by atoms with Crippen LogP contribution in [0.15, 0.2) is 158 Å².